The molecule has 2 aromatic carbocycles. The van der Waals surface area contributed by atoms with Crippen molar-refractivity contribution in [3.63, 3.8) is 0 Å². The van der Waals surface area contributed by atoms with Gasteiger partial charge in [0.25, 0.3) is 0 Å². The van der Waals surface area contributed by atoms with Crippen molar-refractivity contribution in [2.45, 2.75) is 6.61 Å². The fraction of sp³-hybridized carbons (Fsp3) is 0.188. The fourth-order valence-corrected chi connectivity index (χ4v) is 2.36. The average Bonchev–Trinajstić information content (AvgIpc) is 2.53. The van der Waals surface area contributed by atoms with Gasteiger partial charge in [0.05, 0.1) is 14.2 Å². The molecule has 0 spiro atoms. The fourth-order valence-electron chi connectivity index (χ4n) is 1.85. The second kappa shape index (κ2) is 7.38. The smallest absolute Gasteiger partial charge is 0.342 e. The lowest BCUT2D eigenvalue weighted by Crippen LogP contribution is -2.08. The van der Waals surface area contributed by atoms with Crippen LogP contribution in [0.25, 0.3) is 0 Å². The van der Waals surface area contributed by atoms with Crippen LogP contribution in [0.15, 0.2) is 36.4 Å². The molecule has 0 unspecified atom stereocenters. The van der Waals surface area contributed by atoms with Crippen LogP contribution in [0.1, 0.15) is 15.9 Å². The van der Waals surface area contributed by atoms with Gasteiger partial charge in [-0.1, -0.05) is 29.3 Å². The molecule has 0 fully saturated rings. The Bertz CT molecular complexity index is 666. The Hall–Kier alpha value is -1.91. The number of esters is 1. The third kappa shape index (κ3) is 3.64. The minimum atomic E-state index is -0.532. The number of benzene rings is 2. The molecule has 2 rings (SSSR count). The highest BCUT2D eigenvalue weighted by atomic mass is 35.5. The molecule has 0 amide bonds. The van der Waals surface area contributed by atoms with Gasteiger partial charge in [0, 0.05) is 21.7 Å². The summed E-state index contributed by atoms with van der Waals surface area (Å²) in [5.74, 6) is 0.424. The Morgan fingerprint density at radius 2 is 1.73 bits per heavy atom. The van der Waals surface area contributed by atoms with E-state index < -0.39 is 5.97 Å². The highest BCUT2D eigenvalue weighted by Crippen LogP contribution is 2.28. The molecule has 2 aromatic rings. The standard InChI is InChI=1S/C16H14Cl2O4/c1-20-10-6-7-11(15(8-10)21-2)16(19)22-9-12-13(17)4-3-5-14(12)18/h3-8H,9H2,1-2H3. The summed E-state index contributed by atoms with van der Waals surface area (Å²) in [6.07, 6.45) is 0. The average molecular weight is 341 g/mol. The van der Waals surface area contributed by atoms with Gasteiger partial charge in [0.2, 0.25) is 0 Å². The number of methoxy groups -OCH3 is 2. The first kappa shape index (κ1) is 16.5. The maximum absolute atomic E-state index is 12.2. The molecule has 0 bridgehead atoms. The van der Waals surface area contributed by atoms with E-state index in [9.17, 15) is 4.79 Å². The molecule has 0 aliphatic heterocycles. The zero-order chi connectivity index (χ0) is 16.1. The molecule has 0 radical (unpaired) electrons. The first-order chi connectivity index (χ1) is 10.6. The van der Waals surface area contributed by atoms with Crippen LogP contribution in [0.5, 0.6) is 11.5 Å². The van der Waals surface area contributed by atoms with Gasteiger partial charge in [-0.15, -0.1) is 0 Å². The quantitative estimate of drug-likeness (QED) is 0.758. The molecule has 0 heterocycles. The zero-order valence-corrected chi connectivity index (χ0v) is 13.6. The van der Waals surface area contributed by atoms with Gasteiger partial charge in [0.15, 0.2) is 0 Å². The van der Waals surface area contributed by atoms with Crippen molar-refractivity contribution in [1.29, 1.82) is 0 Å². The number of ether oxygens (including phenoxy) is 3. The Morgan fingerprint density at radius 1 is 1.05 bits per heavy atom. The summed E-state index contributed by atoms with van der Waals surface area (Å²) >= 11 is 12.1. The van der Waals surface area contributed by atoms with Crippen LogP contribution in [0.4, 0.5) is 0 Å². The largest absolute Gasteiger partial charge is 0.497 e. The first-order valence-corrected chi connectivity index (χ1v) is 7.14. The lowest BCUT2D eigenvalue weighted by molar-refractivity contribution is 0.0469. The molecular weight excluding hydrogens is 327 g/mol. The van der Waals surface area contributed by atoms with Crippen LogP contribution in [0, 0.1) is 0 Å². The first-order valence-electron chi connectivity index (χ1n) is 6.39. The van der Waals surface area contributed by atoms with Gasteiger partial charge in [-0.05, 0) is 24.3 Å². The van der Waals surface area contributed by atoms with E-state index in [1.807, 2.05) is 0 Å². The predicted molar refractivity (Wildman–Crippen MR) is 85.1 cm³/mol. The normalized spacial score (nSPS) is 10.2. The van der Waals surface area contributed by atoms with E-state index in [2.05, 4.69) is 0 Å². The number of rotatable bonds is 5. The van der Waals surface area contributed by atoms with Crippen molar-refractivity contribution in [2.75, 3.05) is 14.2 Å². The monoisotopic (exact) mass is 340 g/mol. The summed E-state index contributed by atoms with van der Waals surface area (Å²) in [6, 6.07) is 9.94. The van der Waals surface area contributed by atoms with Crippen LogP contribution in [0.3, 0.4) is 0 Å². The lowest BCUT2D eigenvalue weighted by Gasteiger charge is -2.11. The summed E-state index contributed by atoms with van der Waals surface area (Å²) < 4.78 is 15.5. The molecule has 0 N–H and O–H groups in total. The van der Waals surface area contributed by atoms with Gasteiger partial charge in [-0.3, -0.25) is 0 Å². The Labute approximate surface area is 138 Å². The van der Waals surface area contributed by atoms with Crippen LogP contribution in [0.2, 0.25) is 10.0 Å². The minimum Gasteiger partial charge on any atom is -0.497 e. The van der Waals surface area contributed by atoms with Crippen LogP contribution in [-0.2, 0) is 11.3 Å². The predicted octanol–water partition coefficient (Wildman–Crippen LogP) is 4.37. The molecule has 22 heavy (non-hydrogen) atoms. The number of carbonyl (C=O) groups is 1. The summed E-state index contributed by atoms with van der Waals surface area (Å²) in [5, 5.41) is 0.893. The van der Waals surface area contributed by atoms with Gasteiger partial charge in [-0.25, -0.2) is 4.79 Å². The van der Waals surface area contributed by atoms with Gasteiger partial charge < -0.3 is 14.2 Å². The molecule has 4 nitrogen and oxygen atoms in total. The summed E-state index contributed by atoms with van der Waals surface area (Å²) in [5.41, 5.74) is 0.859. The summed E-state index contributed by atoms with van der Waals surface area (Å²) in [4.78, 5) is 12.2. The van der Waals surface area contributed by atoms with Gasteiger partial charge >= 0.3 is 5.97 Å². The molecule has 0 aliphatic rings. The van der Waals surface area contributed by atoms with E-state index in [0.29, 0.717) is 32.7 Å². The van der Waals surface area contributed by atoms with Crippen molar-refractivity contribution in [3.05, 3.63) is 57.6 Å². The number of hydrogen-bond donors (Lipinski definition) is 0. The topological polar surface area (TPSA) is 44.8 Å². The van der Waals surface area contributed by atoms with E-state index in [4.69, 9.17) is 37.4 Å². The maximum atomic E-state index is 12.2. The highest BCUT2D eigenvalue weighted by Gasteiger charge is 2.16. The van der Waals surface area contributed by atoms with E-state index in [-0.39, 0.29) is 6.61 Å². The van der Waals surface area contributed by atoms with Crippen molar-refractivity contribution in [3.8, 4) is 11.5 Å². The summed E-state index contributed by atoms with van der Waals surface area (Å²) in [6.45, 7) is -0.0213. The molecular formula is C16H14Cl2O4. The SMILES string of the molecule is COc1ccc(C(=O)OCc2c(Cl)cccc2Cl)c(OC)c1. The third-order valence-corrected chi connectivity index (χ3v) is 3.75. The van der Waals surface area contributed by atoms with Crippen LogP contribution in [-0.4, -0.2) is 20.2 Å². The molecule has 0 aliphatic carbocycles. The molecule has 0 saturated carbocycles. The van der Waals surface area contributed by atoms with Crippen molar-refractivity contribution in [1.82, 2.24) is 0 Å². The van der Waals surface area contributed by atoms with Crippen molar-refractivity contribution >= 4 is 29.2 Å². The Kier molecular flexibility index (Phi) is 5.52. The lowest BCUT2D eigenvalue weighted by atomic mass is 10.2. The minimum absolute atomic E-state index is 0.0213. The molecule has 6 heteroatoms. The van der Waals surface area contributed by atoms with Crippen LogP contribution >= 0.6 is 23.2 Å². The van der Waals surface area contributed by atoms with E-state index in [1.54, 1.807) is 36.4 Å². The highest BCUT2D eigenvalue weighted by molar-refractivity contribution is 6.35. The van der Waals surface area contributed by atoms with Crippen molar-refractivity contribution in [2.24, 2.45) is 0 Å². The van der Waals surface area contributed by atoms with E-state index in [1.165, 1.54) is 14.2 Å². The number of carbonyl (C=O) groups excluding carboxylic acids is 1. The number of hydrogen-bond acceptors (Lipinski definition) is 4. The molecule has 0 aromatic heterocycles. The van der Waals surface area contributed by atoms with E-state index >= 15 is 0 Å². The van der Waals surface area contributed by atoms with Gasteiger partial charge in [-0.2, -0.15) is 0 Å². The second-order valence-corrected chi connectivity index (χ2v) is 5.16. The molecule has 0 saturated heterocycles. The number of halogens is 2. The third-order valence-electron chi connectivity index (χ3n) is 3.04. The van der Waals surface area contributed by atoms with Crippen molar-refractivity contribution < 1.29 is 19.0 Å². The summed E-state index contributed by atoms with van der Waals surface area (Å²) in [7, 11) is 3.00. The second-order valence-electron chi connectivity index (χ2n) is 4.34. The molecule has 0 atom stereocenters. The molecule has 116 valence electrons. The van der Waals surface area contributed by atoms with Gasteiger partial charge in [0.1, 0.15) is 23.7 Å². The Morgan fingerprint density at radius 3 is 2.32 bits per heavy atom. The zero-order valence-electron chi connectivity index (χ0n) is 12.1. The maximum Gasteiger partial charge on any atom is 0.342 e. The van der Waals surface area contributed by atoms with Crippen LogP contribution < -0.4 is 9.47 Å². The van der Waals surface area contributed by atoms with E-state index in [0.717, 1.165) is 0 Å². The Balaban J connectivity index is 2.16.